The van der Waals surface area contributed by atoms with Crippen molar-refractivity contribution in [2.24, 2.45) is 0 Å². The Labute approximate surface area is 117 Å². The van der Waals surface area contributed by atoms with E-state index in [1.807, 2.05) is 32.0 Å². The molecule has 2 aromatic heterocycles. The van der Waals surface area contributed by atoms with E-state index in [1.165, 1.54) is 0 Å². The molecule has 0 aliphatic rings. The molecule has 0 fully saturated rings. The summed E-state index contributed by atoms with van der Waals surface area (Å²) in [7, 11) is 0. The van der Waals surface area contributed by atoms with Gasteiger partial charge in [-0.1, -0.05) is 6.07 Å². The maximum Gasteiger partial charge on any atom is 0.339 e. The lowest BCUT2D eigenvalue weighted by Gasteiger charge is -2.17. The summed E-state index contributed by atoms with van der Waals surface area (Å²) in [5, 5.41) is 12.5. The standard InChI is InChI=1S/C15H17N3O2/c1-9-8-13(14(15(19)20)11(3)17-9)18-10(2)12-6-4-5-7-16-12/h4-8,10H,1-3H3,(H,17,18)(H,19,20). The normalized spacial score (nSPS) is 11.9. The third kappa shape index (κ3) is 2.93. The molecule has 2 aromatic rings. The molecular weight excluding hydrogens is 254 g/mol. The van der Waals surface area contributed by atoms with Gasteiger partial charge in [0.2, 0.25) is 0 Å². The lowest BCUT2D eigenvalue weighted by atomic mass is 10.1. The summed E-state index contributed by atoms with van der Waals surface area (Å²) in [6.45, 7) is 5.49. The van der Waals surface area contributed by atoms with Gasteiger partial charge in [-0.05, 0) is 39.0 Å². The van der Waals surface area contributed by atoms with Gasteiger partial charge in [-0.25, -0.2) is 4.79 Å². The minimum Gasteiger partial charge on any atom is -0.478 e. The van der Waals surface area contributed by atoms with Gasteiger partial charge in [0.1, 0.15) is 5.56 Å². The Bertz CT molecular complexity index is 627. The summed E-state index contributed by atoms with van der Waals surface area (Å²) < 4.78 is 0. The molecule has 0 spiro atoms. The largest absolute Gasteiger partial charge is 0.478 e. The van der Waals surface area contributed by atoms with E-state index in [-0.39, 0.29) is 11.6 Å². The summed E-state index contributed by atoms with van der Waals surface area (Å²) >= 11 is 0. The number of pyridine rings is 2. The molecule has 0 aliphatic carbocycles. The number of hydrogen-bond acceptors (Lipinski definition) is 4. The van der Waals surface area contributed by atoms with Crippen molar-refractivity contribution in [3.8, 4) is 0 Å². The van der Waals surface area contributed by atoms with Crippen molar-refractivity contribution in [3.05, 3.63) is 53.1 Å². The Morgan fingerprint density at radius 2 is 2.10 bits per heavy atom. The maximum atomic E-state index is 11.4. The molecule has 0 bridgehead atoms. The minimum absolute atomic E-state index is 0.0875. The Balaban J connectivity index is 2.36. The molecule has 5 nitrogen and oxygen atoms in total. The fourth-order valence-corrected chi connectivity index (χ4v) is 2.15. The van der Waals surface area contributed by atoms with Crippen LogP contribution in [0.4, 0.5) is 5.69 Å². The predicted molar refractivity (Wildman–Crippen MR) is 76.9 cm³/mol. The number of carboxylic acid groups (broad SMARTS) is 1. The van der Waals surface area contributed by atoms with E-state index in [0.29, 0.717) is 11.4 Å². The van der Waals surface area contributed by atoms with Gasteiger partial charge < -0.3 is 10.4 Å². The molecule has 104 valence electrons. The van der Waals surface area contributed by atoms with E-state index < -0.39 is 5.97 Å². The van der Waals surface area contributed by atoms with Crippen LogP contribution in [0.5, 0.6) is 0 Å². The van der Waals surface area contributed by atoms with Crippen LogP contribution < -0.4 is 5.32 Å². The number of carbonyl (C=O) groups is 1. The Morgan fingerprint density at radius 1 is 1.35 bits per heavy atom. The Hall–Kier alpha value is -2.43. The zero-order valence-electron chi connectivity index (χ0n) is 11.7. The Morgan fingerprint density at radius 3 is 2.70 bits per heavy atom. The SMILES string of the molecule is Cc1cc(NC(C)c2ccccn2)c(C(=O)O)c(C)n1. The number of aromatic nitrogens is 2. The number of aryl methyl sites for hydroxylation is 2. The molecular formula is C15H17N3O2. The molecule has 5 heteroatoms. The number of nitrogens with one attached hydrogen (secondary N) is 1. The molecule has 0 saturated heterocycles. The molecule has 0 amide bonds. The number of hydrogen-bond donors (Lipinski definition) is 2. The fourth-order valence-electron chi connectivity index (χ4n) is 2.15. The monoisotopic (exact) mass is 271 g/mol. The van der Waals surface area contributed by atoms with Crippen LogP contribution in [0.15, 0.2) is 30.5 Å². The van der Waals surface area contributed by atoms with Crippen molar-refractivity contribution < 1.29 is 9.90 Å². The van der Waals surface area contributed by atoms with Crippen molar-refractivity contribution in [2.75, 3.05) is 5.32 Å². The molecule has 2 heterocycles. The molecule has 20 heavy (non-hydrogen) atoms. The van der Waals surface area contributed by atoms with E-state index in [1.54, 1.807) is 19.2 Å². The summed E-state index contributed by atoms with van der Waals surface area (Å²) in [5.41, 5.74) is 2.92. The number of rotatable bonds is 4. The van der Waals surface area contributed by atoms with Crippen LogP contribution in [0, 0.1) is 13.8 Å². The average molecular weight is 271 g/mol. The van der Waals surface area contributed by atoms with Crippen molar-refractivity contribution in [1.82, 2.24) is 9.97 Å². The van der Waals surface area contributed by atoms with Gasteiger partial charge in [0.15, 0.2) is 0 Å². The van der Waals surface area contributed by atoms with Crippen LogP contribution in [0.25, 0.3) is 0 Å². The van der Waals surface area contributed by atoms with E-state index >= 15 is 0 Å². The fraction of sp³-hybridized carbons (Fsp3) is 0.267. The van der Waals surface area contributed by atoms with Crippen molar-refractivity contribution in [2.45, 2.75) is 26.8 Å². The van der Waals surface area contributed by atoms with E-state index in [4.69, 9.17) is 0 Å². The maximum absolute atomic E-state index is 11.4. The summed E-state index contributed by atoms with van der Waals surface area (Å²) in [6.07, 6.45) is 1.72. The van der Waals surface area contributed by atoms with Crippen LogP contribution >= 0.6 is 0 Å². The lowest BCUT2D eigenvalue weighted by molar-refractivity contribution is 0.0696. The van der Waals surface area contributed by atoms with Gasteiger partial charge in [-0.2, -0.15) is 0 Å². The molecule has 2 N–H and O–H groups in total. The van der Waals surface area contributed by atoms with Crippen LogP contribution in [-0.4, -0.2) is 21.0 Å². The second-order valence-corrected chi connectivity index (χ2v) is 4.70. The zero-order valence-corrected chi connectivity index (χ0v) is 11.7. The van der Waals surface area contributed by atoms with Crippen LogP contribution in [-0.2, 0) is 0 Å². The van der Waals surface area contributed by atoms with Crippen LogP contribution in [0.2, 0.25) is 0 Å². The summed E-state index contributed by atoms with van der Waals surface area (Å²) in [6, 6.07) is 7.31. The minimum atomic E-state index is -0.981. The molecule has 0 aliphatic heterocycles. The highest BCUT2D eigenvalue weighted by molar-refractivity contribution is 5.95. The van der Waals surface area contributed by atoms with Gasteiger partial charge >= 0.3 is 5.97 Å². The number of nitrogens with zero attached hydrogens (tertiary/aromatic N) is 2. The zero-order chi connectivity index (χ0) is 14.7. The van der Waals surface area contributed by atoms with Gasteiger partial charge in [-0.15, -0.1) is 0 Å². The smallest absolute Gasteiger partial charge is 0.339 e. The molecule has 2 rings (SSSR count). The Kier molecular flexibility index (Phi) is 3.98. The average Bonchev–Trinajstić information content (AvgIpc) is 2.38. The van der Waals surface area contributed by atoms with E-state index in [0.717, 1.165) is 11.4 Å². The van der Waals surface area contributed by atoms with Crippen molar-refractivity contribution >= 4 is 11.7 Å². The second-order valence-electron chi connectivity index (χ2n) is 4.70. The molecule has 0 aromatic carbocycles. The highest BCUT2D eigenvalue weighted by atomic mass is 16.4. The highest BCUT2D eigenvalue weighted by Gasteiger charge is 2.17. The van der Waals surface area contributed by atoms with Crippen LogP contribution in [0.1, 0.15) is 40.4 Å². The van der Waals surface area contributed by atoms with E-state index in [9.17, 15) is 9.90 Å². The molecule has 0 saturated carbocycles. The van der Waals surface area contributed by atoms with Gasteiger partial charge in [0, 0.05) is 11.9 Å². The third-order valence-corrected chi connectivity index (χ3v) is 3.05. The number of carboxylic acids is 1. The van der Waals surface area contributed by atoms with E-state index in [2.05, 4.69) is 15.3 Å². The van der Waals surface area contributed by atoms with Gasteiger partial charge in [-0.3, -0.25) is 9.97 Å². The van der Waals surface area contributed by atoms with Crippen LogP contribution in [0.3, 0.4) is 0 Å². The second kappa shape index (κ2) is 5.69. The molecule has 0 radical (unpaired) electrons. The van der Waals surface area contributed by atoms with Crippen molar-refractivity contribution in [1.29, 1.82) is 0 Å². The number of anilines is 1. The van der Waals surface area contributed by atoms with Gasteiger partial charge in [0.05, 0.1) is 23.1 Å². The summed E-state index contributed by atoms with van der Waals surface area (Å²) in [5.74, 6) is -0.981. The van der Waals surface area contributed by atoms with Gasteiger partial charge in [0.25, 0.3) is 0 Å². The molecule has 1 atom stereocenters. The summed E-state index contributed by atoms with van der Waals surface area (Å²) in [4.78, 5) is 19.8. The first-order valence-corrected chi connectivity index (χ1v) is 6.38. The quantitative estimate of drug-likeness (QED) is 0.894. The first kappa shape index (κ1) is 14.0. The van der Waals surface area contributed by atoms with Crippen molar-refractivity contribution in [3.63, 3.8) is 0 Å². The topological polar surface area (TPSA) is 75.1 Å². The molecule has 1 unspecified atom stereocenters. The third-order valence-electron chi connectivity index (χ3n) is 3.05. The predicted octanol–water partition coefficient (Wildman–Crippen LogP) is 2.96. The number of aromatic carboxylic acids is 1. The first-order chi connectivity index (χ1) is 9.49. The lowest BCUT2D eigenvalue weighted by Crippen LogP contribution is -2.14. The first-order valence-electron chi connectivity index (χ1n) is 6.38. The highest BCUT2D eigenvalue weighted by Crippen LogP contribution is 2.24.